The van der Waals surface area contributed by atoms with E-state index in [9.17, 15) is 4.39 Å². The van der Waals surface area contributed by atoms with Crippen LogP contribution in [-0.4, -0.2) is 51.2 Å². The van der Waals surface area contributed by atoms with E-state index in [1.807, 2.05) is 30.2 Å². The molecule has 1 aliphatic rings. The summed E-state index contributed by atoms with van der Waals surface area (Å²) in [7, 11) is 1.92. The van der Waals surface area contributed by atoms with Crippen molar-refractivity contribution in [3.05, 3.63) is 65.5 Å². The van der Waals surface area contributed by atoms with Gasteiger partial charge in [-0.05, 0) is 18.2 Å². The Kier molecular flexibility index (Phi) is 5.68. The number of hydrogen-bond acceptors (Lipinski definition) is 5. The molecule has 0 bridgehead atoms. The molecule has 3 heterocycles. The first-order valence-corrected chi connectivity index (χ1v) is 9.40. The molecule has 0 amide bonds. The van der Waals surface area contributed by atoms with Crippen LogP contribution in [0.25, 0.3) is 0 Å². The number of aromatic nitrogens is 4. The van der Waals surface area contributed by atoms with Crippen molar-refractivity contribution >= 4 is 0 Å². The predicted octanol–water partition coefficient (Wildman–Crippen LogP) is 2.48. The number of nitrogens with zero attached hydrogens (tertiary/aromatic N) is 4. The number of H-pyrrole nitrogens is 1. The summed E-state index contributed by atoms with van der Waals surface area (Å²) in [6.45, 7) is 3.57. The summed E-state index contributed by atoms with van der Waals surface area (Å²) in [5, 5.41) is 11.7. The van der Waals surface area contributed by atoms with E-state index < -0.39 is 0 Å². The monoisotopic (exact) mass is 385 g/mol. The lowest BCUT2D eigenvalue weighted by molar-refractivity contribution is -0.0350. The van der Waals surface area contributed by atoms with Gasteiger partial charge < -0.3 is 9.47 Å². The minimum Gasteiger partial charge on any atom is -0.490 e. The van der Waals surface area contributed by atoms with Crippen LogP contribution in [0.4, 0.5) is 4.39 Å². The number of halogens is 1. The van der Waals surface area contributed by atoms with Gasteiger partial charge in [0, 0.05) is 50.6 Å². The fraction of sp³-hybridized carbons (Fsp3) is 0.400. The van der Waals surface area contributed by atoms with Crippen molar-refractivity contribution in [3.8, 4) is 5.75 Å². The predicted molar refractivity (Wildman–Crippen MR) is 101 cm³/mol. The fourth-order valence-electron chi connectivity index (χ4n) is 3.34. The van der Waals surface area contributed by atoms with Crippen molar-refractivity contribution in [2.45, 2.75) is 19.1 Å². The summed E-state index contributed by atoms with van der Waals surface area (Å²) in [5.74, 6) is -0.0824. The molecule has 1 N–H and O–H groups in total. The summed E-state index contributed by atoms with van der Waals surface area (Å²) in [5.41, 5.74) is 3.02. The lowest BCUT2D eigenvalue weighted by Gasteiger charge is -2.31. The van der Waals surface area contributed by atoms with Gasteiger partial charge in [0.1, 0.15) is 6.10 Å². The maximum atomic E-state index is 13.6. The molecule has 1 atom stereocenters. The van der Waals surface area contributed by atoms with Crippen LogP contribution in [0.15, 0.2) is 42.7 Å². The first-order chi connectivity index (χ1) is 13.7. The third-order valence-corrected chi connectivity index (χ3v) is 4.76. The highest BCUT2D eigenvalue weighted by Crippen LogP contribution is 2.23. The lowest BCUT2D eigenvalue weighted by atomic mass is 10.1. The summed E-state index contributed by atoms with van der Waals surface area (Å²) in [4.78, 5) is 2.35. The van der Waals surface area contributed by atoms with Crippen LogP contribution >= 0.6 is 0 Å². The van der Waals surface area contributed by atoms with Crippen LogP contribution in [0, 0.1) is 5.82 Å². The Morgan fingerprint density at radius 1 is 1.36 bits per heavy atom. The molecule has 0 spiro atoms. The van der Waals surface area contributed by atoms with Crippen molar-refractivity contribution in [1.29, 1.82) is 0 Å². The Morgan fingerprint density at radius 3 is 3.07 bits per heavy atom. The van der Waals surface area contributed by atoms with E-state index >= 15 is 0 Å². The normalized spacial score (nSPS) is 17.7. The van der Waals surface area contributed by atoms with Gasteiger partial charge >= 0.3 is 0 Å². The maximum absolute atomic E-state index is 13.6. The zero-order chi connectivity index (χ0) is 19.3. The number of aromatic amines is 1. The highest BCUT2D eigenvalue weighted by Gasteiger charge is 2.24. The smallest absolute Gasteiger partial charge is 0.165 e. The molecular formula is C20H24FN5O2. The average molecular weight is 385 g/mol. The molecule has 1 fully saturated rings. The highest BCUT2D eigenvalue weighted by molar-refractivity contribution is 5.23. The minimum atomic E-state index is -0.350. The molecule has 28 heavy (non-hydrogen) atoms. The number of rotatable bonds is 7. The first-order valence-electron chi connectivity index (χ1n) is 9.40. The average Bonchev–Trinajstić information content (AvgIpc) is 3.33. The summed E-state index contributed by atoms with van der Waals surface area (Å²) in [6, 6.07) is 8.42. The van der Waals surface area contributed by atoms with Crippen molar-refractivity contribution < 1.29 is 13.9 Å². The van der Waals surface area contributed by atoms with Gasteiger partial charge in [0.2, 0.25) is 0 Å². The Labute approximate surface area is 163 Å². The van der Waals surface area contributed by atoms with Crippen LogP contribution < -0.4 is 4.74 Å². The number of hydrogen-bond donors (Lipinski definition) is 1. The van der Waals surface area contributed by atoms with Gasteiger partial charge in [-0.15, -0.1) is 0 Å². The third-order valence-electron chi connectivity index (χ3n) is 4.76. The first kappa shape index (κ1) is 18.6. The van der Waals surface area contributed by atoms with Crippen molar-refractivity contribution in [2.75, 3.05) is 26.3 Å². The van der Waals surface area contributed by atoms with Crippen molar-refractivity contribution in [1.82, 2.24) is 24.9 Å². The van der Waals surface area contributed by atoms with E-state index in [2.05, 4.69) is 20.2 Å². The SMILES string of the molecule is Cn1cc(CN2CCO[C@H](c3cc(CCOc4ccccc4F)[nH]n3)C2)cn1. The van der Waals surface area contributed by atoms with Crippen molar-refractivity contribution in [3.63, 3.8) is 0 Å². The van der Waals surface area contributed by atoms with Crippen LogP contribution in [0.2, 0.25) is 0 Å². The van der Waals surface area contributed by atoms with E-state index in [0.29, 0.717) is 19.6 Å². The van der Waals surface area contributed by atoms with Gasteiger partial charge in [-0.2, -0.15) is 10.2 Å². The Bertz CT molecular complexity index is 909. The van der Waals surface area contributed by atoms with E-state index in [4.69, 9.17) is 9.47 Å². The quantitative estimate of drug-likeness (QED) is 0.677. The van der Waals surface area contributed by atoms with Gasteiger partial charge in [0.15, 0.2) is 11.6 Å². The molecule has 4 rings (SSSR count). The molecule has 0 unspecified atom stereocenters. The highest BCUT2D eigenvalue weighted by atomic mass is 19.1. The molecule has 1 saturated heterocycles. The second-order valence-electron chi connectivity index (χ2n) is 6.96. The molecule has 148 valence electrons. The zero-order valence-electron chi connectivity index (χ0n) is 15.8. The minimum absolute atomic E-state index is 0.0668. The molecule has 3 aromatic rings. The molecule has 8 heteroatoms. The van der Waals surface area contributed by atoms with Crippen molar-refractivity contribution in [2.24, 2.45) is 7.05 Å². The van der Waals surface area contributed by atoms with E-state index in [1.54, 1.807) is 18.2 Å². The standard InChI is InChI=1S/C20H24FN5O2/c1-25-12-15(11-22-25)13-26-7-9-28-20(14-26)18-10-16(23-24-18)6-8-27-19-5-3-2-4-17(19)21/h2-5,10-12,20H,6-9,13-14H2,1H3,(H,23,24)/t20-/m0/s1. The van der Waals surface area contributed by atoms with Gasteiger partial charge in [0.25, 0.3) is 0 Å². The summed E-state index contributed by atoms with van der Waals surface area (Å²) >= 11 is 0. The number of para-hydroxylation sites is 1. The van der Waals surface area contributed by atoms with E-state index in [1.165, 1.54) is 11.6 Å². The van der Waals surface area contributed by atoms with Crippen LogP contribution in [0.5, 0.6) is 5.75 Å². The molecule has 1 aliphatic heterocycles. The topological polar surface area (TPSA) is 68.2 Å². The van der Waals surface area contributed by atoms with Gasteiger partial charge in [0.05, 0.1) is 25.1 Å². The molecule has 1 aromatic carbocycles. The summed E-state index contributed by atoms with van der Waals surface area (Å²) in [6.07, 6.45) is 4.48. The van der Waals surface area contributed by atoms with Crippen LogP contribution in [-0.2, 0) is 24.8 Å². The number of morpholine rings is 1. The number of ether oxygens (including phenoxy) is 2. The molecule has 0 aliphatic carbocycles. The fourth-order valence-corrected chi connectivity index (χ4v) is 3.34. The summed E-state index contributed by atoms with van der Waals surface area (Å²) < 4.78 is 26.8. The Hall–Kier alpha value is -2.71. The number of aryl methyl sites for hydroxylation is 1. The third kappa shape index (κ3) is 4.58. The molecule has 0 saturated carbocycles. The van der Waals surface area contributed by atoms with Crippen LogP contribution in [0.1, 0.15) is 23.1 Å². The van der Waals surface area contributed by atoms with Crippen LogP contribution in [0.3, 0.4) is 0 Å². The van der Waals surface area contributed by atoms with E-state index in [0.717, 1.165) is 31.0 Å². The molecule has 0 radical (unpaired) electrons. The Morgan fingerprint density at radius 2 is 2.25 bits per heavy atom. The second-order valence-corrected chi connectivity index (χ2v) is 6.96. The van der Waals surface area contributed by atoms with E-state index in [-0.39, 0.29) is 17.7 Å². The van der Waals surface area contributed by atoms with Gasteiger partial charge in [-0.1, -0.05) is 12.1 Å². The molecule has 2 aromatic heterocycles. The molecule has 7 nitrogen and oxygen atoms in total. The zero-order valence-corrected chi connectivity index (χ0v) is 15.8. The largest absolute Gasteiger partial charge is 0.490 e. The lowest BCUT2D eigenvalue weighted by Crippen LogP contribution is -2.37. The number of benzene rings is 1. The Balaban J connectivity index is 1.30. The number of nitrogens with one attached hydrogen (secondary N) is 1. The molecular weight excluding hydrogens is 361 g/mol. The maximum Gasteiger partial charge on any atom is 0.165 e. The van der Waals surface area contributed by atoms with Gasteiger partial charge in [-0.3, -0.25) is 14.7 Å². The van der Waals surface area contributed by atoms with Gasteiger partial charge in [-0.25, -0.2) is 4.39 Å². The second kappa shape index (κ2) is 8.53.